The van der Waals surface area contributed by atoms with Crippen molar-refractivity contribution in [3.63, 3.8) is 0 Å². The number of piperazine rings is 1. The summed E-state index contributed by atoms with van der Waals surface area (Å²) in [6.45, 7) is 4.20. The van der Waals surface area contributed by atoms with Crippen molar-refractivity contribution in [2.45, 2.75) is 6.42 Å². The Labute approximate surface area is 233 Å². The van der Waals surface area contributed by atoms with Crippen LogP contribution in [0.25, 0.3) is 17.1 Å². The lowest BCUT2D eigenvalue weighted by atomic mass is 10.2. The highest BCUT2D eigenvalue weighted by Gasteiger charge is 2.22. The fourth-order valence-electron chi connectivity index (χ4n) is 4.53. The maximum absolute atomic E-state index is 14.6. The molecular formula is C26H32F2N8O3S. The van der Waals surface area contributed by atoms with Crippen molar-refractivity contribution in [2.24, 2.45) is 0 Å². The number of rotatable bonds is 11. The van der Waals surface area contributed by atoms with Crippen LogP contribution >= 0.6 is 0 Å². The highest BCUT2D eigenvalue weighted by Crippen LogP contribution is 2.29. The Bertz CT molecular complexity index is 1430. The lowest BCUT2D eigenvalue weighted by Crippen LogP contribution is -2.48. The molecule has 1 atom stereocenters. The van der Waals surface area contributed by atoms with Gasteiger partial charge in [0.05, 0.1) is 24.8 Å². The molecule has 3 aromatic heterocycles. The maximum atomic E-state index is 14.6. The van der Waals surface area contributed by atoms with Gasteiger partial charge < -0.3 is 29.2 Å². The number of benzene rings is 1. The Kier molecular flexibility index (Phi) is 8.57. The van der Waals surface area contributed by atoms with Crippen molar-refractivity contribution in [1.82, 2.24) is 24.5 Å². The minimum absolute atomic E-state index is 0.00745. The number of nitrogens with zero attached hydrogens (tertiary/aromatic N) is 7. The minimum Gasteiger partial charge on any atom is -0.617 e. The van der Waals surface area contributed by atoms with Crippen molar-refractivity contribution in [3.8, 4) is 17.2 Å². The van der Waals surface area contributed by atoms with Crippen molar-refractivity contribution in [2.75, 3.05) is 80.5 Å². The van der Waals surface area contributed by atoms with E-state index in [2.05, 4.69) is 20.0 Å². The predicted molar refractivity (Wildman–Crippen MR) is 150 cm³/mol. The van der Waals surface area contributed by atoms with E-state index in [0.29, 0.717) is 73.6 Å². The Morgan fingerprint density at radius 1 is 1.15 bits per heavy atom. The van der Waals surface area contributed by atoms with Gasteiger partial charge in [0.1, 0.15) is 17.3 Å². The second-order valence-electron chi connectivity index (χ2n) is 9.62. The number of likely N-dealkylation sites (N-methyl/N-ethyl adjacent to an activating group) is 1. The average Bonchev–Trinajstić information content (AvgIpc) is 3.61. The lowest BCUT2D eigenvalue weighted by molar-refractivity contribution is 0.262. The summed E-state index contributed by atoms with van der Waals surface area (Å²) in [5.41, 5.74) is 7.66. The van der Waals surface area contributed by atoms with Crippen LogP contribution in [-0.4, -0.2) is 94.0 Å². The molecule has 0 spiro atoms. The van der Waals surface area contributed by atoms with E-state index in [1.165, 1.54) is 10.6 Å². The van der Waals surface area contributed by atoms with Crippen molar-refractivity contribution in [1.29, 1.82) is 0 Å². The third kappa shape index (κ3) is 6.40. The summed E-state index contributed by atoms with van der Waals surface area (Å²) in [6.07, 6.45) is 3.72. The largest absolute Gasteiger partial charge is 0.617 e. The fourth-order valence-corrected chi connectivity index (χ4v) is 5.06. The summed E-state index contributed by atoms with van der Waals surface area (Å²) >= 11 is -0.940. The number of halogens is 2. The molecule has 1 fully saturated rings. The first kappa shape index (κ1) is 27.9. The van der Waals surface area contributed by atoms with E-state index < -0.39 is 22.8 Å². The van der Waals surface area contributed by atoms with Gasteiger partial charge in [-0.2, -0.15) is 19.6 Å². The molecule has 14 heteroatoms. The van der Waals surface area contributed by atoms with Gasteiger partial charge in [-0.15, -0.1) is 0 Å². The molecule has 2 N–H and O–H groups in total. The standard InChI is InChI=1S/C26H32F2N8O3S/c1-33(26-30-24-16-20(22-5-3-12-38-22)32-36(24)25(29)31-26)6-7-34-8-10-35(11-9-34)21-17-23(19(28)15-18(21)27)39-13-4-14-40(2)37/h3,5,12,15-17H,4,6-11,13-14H2,1-2H3,(H2,29,30,31)/t40-/m0/s1. The third-order valence-corrected chi connectivity index (χ3v) is 7.61. The number of aromatic nitrogens is 4. The zero-order valence-corrected chi connectivity index (χ0v) is 23.2. The molecule has 5 rings (SSSR count). The summed E-state index contributed by atoms with van der Waals surface area (Å²) in [7, 11) is 1.90. The predicted octanol–water partition coefficient (Wildman–Crippen LogP) is 2.65. The first-order valence-corrected chi connectivity index (χ1v) is 14.7. The monoisotopic (exact) mass is 574 g/mol. The van der Waals surface area contributed by atoms with E-state index in [-0.39, 0.29) is 18.3 Å². The number of hydrogen-bond donors (Lipinski definition) is 1. The van der Waals surface area contributed by atoms with E-state index in [1.54, 1.807) is 24.7 Å². The molecule has 0 aliphatic carbocycles. The first-order valence-electron chi connectivity index (χ1n) is 13.0. The number of anilines is 3. The van der Waals surface area contributed by atoms with Crippen LogP contribution in [0, 0.1) is 11.6 Å². The van der Waals surface area contributed by atoms with E-state index in [1.807, 2.05) is 22.9 Å². The van der Waals surface area contributed by atoms with Crippen LogP contribution in [0.3, 0.4) is 0 Å². The summed E-state index contributed by atoms with van der Waals surface area (Å²) in [6, 6.07) is 7.69. The molecule has 0 bridgehead atoms. The molecule has 0 saturated carbocycles. The van der Waals surface area contributed by atoms with Crippen molar-refractivity contribution >= 4 is 34.4 Å². The van der Waals surface area contributed by atoms with Crippen LogP contribution in [0.2, 0.25) is 0 Å². The van der Waals surface area contributed by atoms with Gasteiger partial charge in [-0.3, -0.25) is 4.90 Å². The number of nitrogens with two attached hydrogens (primary N) is 1. The molecular weight excluding hydrogens is 542 g/mol. The highest BCUT2D eigenvalue weighted by atomic mass is 32.2. The van der Waals surface area contributed by atoms with Crippen molar-refractivity contribution in [3.05, 3.63) is 48.2 Å². The second-order valence-corrected chi connectivity index (χ2v) is 11.2. The van der Waals surface area contributed by atoms with E-state index in [0.717, 1.165) is 12.6 Å². The molecule has 1 aliphatic rings. The molecule has 0 amide bonds. The number of furan rings is 1. The van der Waals surface area contributed by atoms with Crippen LogP contribution in [0.4, 0.5) is 26.4 Å². The van der Waals surface area contributed by atoms with Gasteiger partial charge in [0, 0.05) is 70.9 Å². The number of hydrogen-bond acceptors (Lipinski definition) is 10. The Morgan fingerprint density at radius 2 is 1.95 bits per heavy atom. The molecule has 214 valence electrons. The van der Waals surface area contributed by atoms with Crippen LogP contribution < -0.4 is 20.3 Å². The van der Waals surface area contributed by atoms with E-state index >= 15 is 0 Å². The van der Waals surface area contributed by atoms with E-state index in [9.17, 15) is 13.3 Å². The summed E-state index contributed by atoms with van der Waals surface area (Å²) in [4.78, 5) is 15.1. The minimum atomic E-state index is -0.940. The fraction of sp³-hybridized carbons (Fsp3) is 0.423. The second kappa shape index (κ2) is 12.3. The zero-order valence-electron chi connectivity index (χ0n) is 22.4. The third-order valence-electron chi connectivity index (χ3n) is 6.75. The quantitative estimate of drug-likeness (QED) is 0.211. The van der Waals surface area contributed by atoms with Crippen LogP contribution in [-0.2, 0) is 11.2 Å². The van der Waals surface area contributed by atoms with Gasteiger partial charge in [0.25, 0.3) is 0 Å². The Morgan fingerprint density at radius 3 is 2.67 bits per heavy atom. The molecule has 1 saturated heterocycles. The number of ether oxygens (including phenoxy) is 1. The average molecular weight is 575 g/mol. The summed E-state index contributed by atoms with van der Waals surface area (Å²) < 4.78 is 52.5. The van der Waals surface area contributed by atoms with Crippen molar-refractivity contribution < 1.29 is 22.5 Å². The van der Waals surface area contributed by atoms with Gasteiger partial charge in [-0.25, -0.2) is 8.78 Å². The van der Waals surface area contributed by atoms with Crippen LogP contribution in [0.15, 0.2) is 41.0 Å². The lowest BCUT2D eigenvalue weighted by Gasteiger charge is -2.37. The molecule has 4 aromatic rings. The van der Waals surface area contributed by atoms with Gasteiger partial charge in [-0.1, -0.05) is 11.2 Å². The van der Waals surface area contributed by atoms with Crippen LogP contribution in [0.5, 0.6) is 5.75 Å². The molecule has 1 aliphatic heterocycles. The number of nitrogen functional groups attached to an aromatic ring is 1. The SMILES string of the molecule is CN(CCN1CCN(c2cc(OCCC[S@+](C)[O-])c(F)cc2F)CC1)c1nc(N)n2nc(-c3ccco3)cc2n1. The van der Waals surface area contributed by atoms with Crippen LogP contribution in [0.1, 0.15) is 6.42 Å². The molecule has 0 radical (unpaired) electrons. The molecule has 11 nitrogen and oxygen atoms in total. The van der Waals surface area contributed by atoms with Gasteiger partial charge in [0.2, 0.25) is 11.9 Å². The highest BCUT2D eigenvalue weighted by molar-refractivity contribution is 7.90. The molecule has 4 heterocycles. The first-order chi connectivity index (χ1) is 19.3. The molecule has 40 heavy (non-hydrogen) atoms. The topological polar surface area (TPSA) is 124 Å². The van der Waals surface area contributed by atoms with Gasteiger partial charge in [-0.05, 0) is 12.1 Å². The van der Waals surface area contributed by atoms with Gasteiger partial charge in [0.15, 0.2) is 23.0 Å². The summed E-state index contributed by atoms with van der Waals surface area (Å²) in [5, 5.41) is 4.42. The molecule has 1 aromatic carbocycles. The normalized spacial score (nSPS) is 15.1. The summed E-state index contributed by atoms with van der Waals surface area (Å²) in [5.74, 6) is 0.450. The Balaban J connectivity index is 1.15. The number of fused-ring (bicyclic) bond motifs is 1. The van der Waals surface area contributed by atoms with Gasteiger partial charge >= 0.3 is 0 Å². The zero-order chi connectivity index (χ0) is 28.2. The smallest absolute Gasteiger partial charge is 0.230 e. The Hall–Kier alpha value is -3.62. The molecule has 0 unspecified atom stereocenters. The maximum Gasteiger partial charge on any atom is 0.230 e. The van der Waals surface area contributed by atoms with E-state index in [4.69, 9.17) is 14.9 Å².